The number of rotatable bonds is 6. The Morgan fingerprint density at radius 1 is 0.692 bits per heavy atom. The maximum atomic E-state index is 12.4. The number of hydrazine groups is 1. The third-order valence-corrected chi connectivity index (χ3v) is 2.88. The fraction of sp³-hybridized carbons (Fsp3) is 0.222. The van der Waals surface area contributed by atoms with Gasteiger partial charge in [-0.3, -0.25) is 0 Å². The van der Waals surface area contributed by atoms with Gasteiger partial charge in [-0.2, -0.15) is 0 Å². The quantitative estimate of drug-likeness (QED) is 0.729. The first-order valence-corrected chi connectivity index (χ1v) is 8.05. The van der Waals surface area contributed by atoms with E-state index in [9.17, 15) is 9.59 Å². The molecule has 138 valence electrons. The average Bonchev–Trinajstić information content (AvgIpc) is 2.66. The van der Waals surface area contributed by atoms with Gasteiger partial charge < -0.3 is 9.47 Å². The van der Waals surface area contributed by atoms with Gasteiger partial charge in [0, 0.05) is 0 Å². The van der Waals surface area contributed by atoms with E-state index in [-0.39, 0.29) is 24.7 Å². The molecular formula is C18H20N2O6. The Hall–Kier alpha value is -3.10. The average molecular weight is 360 g/mol. The van der Waals surface area contributed by atoms with E-state index < -0.39 is 12.2 Å². The summed E-state index contributed by atoms with van der Waals surface area (Å²) in [6, 6.07) is 16.8. The summed E-state index contributed by atoms with van der Waals surface area (Å²) in [5.74, 6) is 0.574. The molecule has 0 aliphatic heterocycles. The minimum Gasteiger partial charge on any atom is -0.407 e. The summed E-state index contributed by atoms with van der Waals surface area (Å²) in [6.45, 7) is 3.48. The molecule has 2 aromatic rings. The van der Waals surface area contributed by atoms with Crippen molar-refractivity contribution in [1.29, 1.82) is 0 Å². The molecule has 0 unspecified atom stereocenters. The molecule has 0 aliphatic rings. The smallest absolute Gasteiger partial charge is 0.407 e. The topological polar surface area (TPSA) is 77.5 Å². The van der Waals surface area contributed by atoms with Gasteiger partial charge in [-0.15, -0.1) is 0 Å². The number of amides is 2. The van der Waals surface area contributed by atoms with E-state index in [4.69, 9.17) is 19.1 Å². The number of ether oxygens (including phenoxy) is 2. The lowest BCUT2D eigenvalue weighted by molar-refractivity contribution is -0.349. The molecule has 2 rings (SSSR count). The first-order valence-electron chi connectivity index (χ1n) is 8.05. The number of carbonyl (C=O) groups excluding carboxylic acids is 2. The van der Waals surface area contributed by atoms with Crippen LogP contribution >= 0.6 is 0 Å². The fourth-order valence-corrected chi connectivity index (χ4v) is 1.86. The lowest BCUT2D eigenvalue weighted by Gasteiger charge is -2.29. The summed E-state index contributed by atoms with van der Waals surface area (Å²) in [6.07, 6.45) is -1.92. The first-order chi connectivity index (χ1) is 12.7. The summed E-state index contributed by atoms with van der Waals surface area (Å²) >= 11 is 0. The summed E-state index contributed by atoms with van der Waals surface area (Å²) < 4.78 is 10.4. The van der Waals surface area contributed by atoms with Crippen LogP contribution in [0, 0.1) is 0 Å². The normalized spacial score (nSPS) is 10.1. The Labute approximate surface area is 151 Å². The summed E-state index contributed by atoms with van der Waals surface area (Å²) in [5, 5.41) is 1.14. The molecule has 8 nitrogen and oxygen atoms in total. The predicted molar refractivity (Wildman–Crippen MR) is 91.9 cm³/mol. The zero-order chi connectivity index (χ0) is 18.8. The molecule has 2 aromatic carbocycles. The van der Waals surface area contributed by atoms with Crippen LogP contribution in [0.3, 0.4) is 0 Å². The molecule has 0 aromatic heterocycles. The van der Waals surface area contributed by atoms with Crippen molar-refractivity contribution in [3.8, 4) is 11.5 Å². The second-order valence-electron chi connectivity index (χ2n) is 4.74. The Kier molecular flexibility index (Phi) is 7.41. The summed E-state index contributed by atoms with van der Waals surface area (Å²) in [4.78, 5) is 35.3. The van der Waals surface area contributed by atoms with Crippen molar-refractivity contribution in [3.05, 3.63) is 60.7 Å². The van der Waals surface area contributed by atoms with Crippen molar-refractivity contribution in [2.24, 2.45) is 0 Å². The number of hydrogen-bond donors (Lipinski definition) is 0. The Bertz CT molecular complexity index is 634. The molecule has 8 heteroatoms. The van der Waals surface area contributed by atoms with E-state index in [0.29, 0.717) is 10.3 Å². The Morgan fingerprint density at radius 2 is 1.04 bits per heavy atom. The fourth-order valence-electron chi connectivity index (χ4n) is 1.86. The van der Waals surface area contributed by atoms with Crippen molar-refractivity contribution in [2.45, 2.75) is 13.8 Å². The first kappa shape index (κ1) is 19.2. The highest BCUT2D eigenvalue weighted by molar-refractivity contribution is 5.75. The molecule has 0 N–H and O–H groups in total. The molecule has 0 heterocycles. The second-order valence-corrected chi connectivity index (χ2v) is 4.74. The van der Waals surface area contributed by atoms with Gasteiger partial charge in [-0.05, 0) is 38.1 Å². The summed E-state index contributed by atoms with van der Waals surface area (Å²) in [7, 11) is 0. The van der Waals surface area contributed by atoms with Gasteiger partial charge in [0.25, 0.3) is 0 Å². The van der Waals surface area contributed by atoms with E-state index in [2.05, 4.69) is 0 Å². The van der Waals surface area contributed by atoms with Crippen LogP contribution in [-0.2, 0) is 9.68 Å². The highest BCUT2D eigenvalue weighted by Crippen LogP contribution is 2.15. The van der Waals surface area contributed by atoms with Crippen LogP contribution in [0.2, 0.25) is 0 Å². The van der Waals surface area contributed by atoms with Crippen molar-refractivity contribution in [1.82, 2.24) is 10.3 Å². The van der Waals surface area contributed by atoms with Crippen LogP contribution < -0.4 is 9.47 Å². The van der Waals surface area contributed by atoms with Crippen molar-refractivity contribution in [3.63, 3.8) is 0 Å². The molecule has 0 aliphatic carbocycles. The molecule has 0 bridgehead atoms. The van der Waals surface area contributed by atoms with Gasteiger partial charge in [-0.1, -0.05) is 46.7 Å². The van der Waals surface area contributed by atoms with Gasteiger partial charge in [0.05, 0.1) is 13.2 Å². The maximum Gasteiger partial charge on any atom is 0.461 e. The van der Waals surface area contributed by atoms with Crippen LogP contribution in [0.15, 0.2) is 60.7 Å². The zero-order valence-corrected chi connectivity index (χ0v) is 14.5. The summed E-state index contributed by atoms with van der Waals surface area (Å²) in [5.41, 5.74) is 0. The van der Waals surface area contributed by atoms with E-state index >= 15 is 0 Å². The zero-order valence-electron chi connectivity index (χ0n) is 14.5. The van der Waals surface area contributed by atoms with Crippen molar-refractivity contribution >= 4 is 12.2 Å². The number of nitrogens with zero attached hydrogens (tertiary/aromatic N) is 2. The number of benzene rings is 2. The Balaban J connectivity index is 2.15. The van der Waals surface area contributed by atoms with Crippen LogP contribution in [0.1, 0.15) is 13.8 Å². The number of hydroxylamine groups is 2. The van der Waals surface area contributed by atoms with E-state index in [0.717, 1.165) is 0 Å². The standard InChI is InChI=1S/C18H20N2O6/c1-3-23-19(17(21)25-15-11-7-5-8-12-15)20(24-4-2)18(22)26-16-13-9-6-10-14-16/h5-14H,3-4H2,1-2H3. The maximum absolute atomic E-state index is 12.4. The SMILES string of the molecule is CCON(C(=O)Oc1ccccc1)N(OCC)C(=O)Oc1ccccc1. The van der Waals surface area contributed by atoms with Gasteiger partial charge in [0.15, 0.2) is 0 Å². The third kappa shape index (κ3) is 5.47. The lowest BCUT2D eigenvalue weighted by atomic mass is 10.3. The number of para-hydroxylation sites is 2. The van der Waals surface area contributed by atoms with Gasteiger partial charge in [-0.25, -0.2) is 19.3 Å². The van der Waals surface area contributed by atoms with Gasteiger partial charge in [0.2, 0.25) is 0 Å². The molecule has 2 amide bonds. The second kappa shape index (κ2) is 10.0. The molecular weight excluding hydrogens is 340 g/mol. The largest absolute Gasteiger partial charge is 0.461 e. The minimum absolute atomic E-state index is 0.0894. The molecule has 0 atom stereocenters. The minimum atomic E-state index is -0.962. The molecule has 0 fully saturated rings. The van der Waals surface area contributed by atoms with Gasteiger partial charge in [0.1, 0.15) is 11.5 Å². The van der Waals surface area contributed by atoms with E-state index in [1.165, 1.54) is 0 Å². The molecule has 0 saturated heterocycles. The van der Waals surface area contributed by atoms with Crippen LogP contribution in [0.25, 0.3) is 0 Å². The van der Waals surface area contributed by atoms with Crippen LogP contribution in [-0.4, -0.2) is 35.7 Å². The van der Waals surface area contributed by atoms with Crippen LogP contribution in [0.5, 0.6) is 11.5 Å². The molecule has 0 radical (unpaired) electrons. The number of carbonyl (C=O) groups is 2. The monoisotopic (exact) mass is 360 g/mol. The molecule has 0 saturated carbocycles. The van der Waals surface area contributed by atoms with Crippen LogP contribution in [0.4, 0.5) is 9.59 Å². The Morgan fingerprint density at radius 3 is 1.35 bits per heavy atom. The highest BCUT2D eigenvalue weighted by Gasteiger charge is 2.32. The molecule has 0 spiro atoms. The highest BCUT2D eigenvalue weighted by atomic mass is 16.9. The third-order valence-electron chi connectivity index (χ3n) is 2.88. The lowest BCUT2D eigenvalue weighted by Crippen LogP contribution is -2.51. The van der Waals surface area contributed by atoms with Gasteiger partial charge >= 0.3 is 12.2 Å². The van der Waals surface area contributed by atoms with E-state index in [1.54, 1.807) is 74.5 Å². The number of hydrogen-bond acceptors (Lipinski definition) is 6. The van der Waals surface area contributed by atoms with E-state index in [1.807, 2.05) is 0 Å². The van der Waals surface area contributed by atoms with Crippen molar-refractivity contribution in [2.75, 3.05) is 13.2 Å². The van der Waals surface area contributed by atoms with Crippen molar-refractivity contribution < 1.29 is 28.7 Å². The predicted octanol–water partition coefficient (Wildman–Crippen LogP) is 3.81. The molecule has 26 heavy (non-hydrogen) atoms.